The van der Waals surface area contributed by atoms with Crippen LogP contribution in [0.2, 0.25) is 0 Å². The zero-order valence-corrected chi connectivity index (χ0v) is 25.8. The average Bonchev–Trinajstić information content (AvgIpc) is 3.39. The van der Waals surface area contributed by atoms with Crippen LogP contribution >= 0.6 is 0 Å². The van der Waals surface area contributed by atoms with Gasteiger partial charge < -0.3 is 9.47 Å². The average molecular weight is 601 g/mol. The molecule has 12 heteroatoms. The molecule has 0 saturated carbocycles. The summed E-state index contributed by atoms with van der Waals surface area (Å²) in [5.74, 6) is -0.741. The molecule has 5 rings (SSSR count). The zero-order chi connectivity index (χ0) is 31.1. The number of benzene rings is 1. The second kappa shape index (κ2) is 14.0. The van der Waals surface area contributed by atoms with Crippen molar-refractivity contribution in [2.75, 3.05) is 39.8 Å². The van der Waals surface area contributed by atoms with Crippen LogP contribution in [0.5, 0.6) is 0 Å². The highest BCUT2D eigenvalue weighted by Gasteiger charge is 2.22. The van der Waals surface area contributed by atoms with Crippen molar-refractivity contribution < 1.29 is 19.1 Å². The lowest BCUT2D eigenvalue weighted by Gasteiger charge is -2.31. The lowest BCUT2D eigenvalue weighted by atomic mass is 10.2. The van der Waals surface area contributed by atoms with Crippen molar-refractivity contribution >= 4 is 23.0 Å². The van der Waals surface area contributed by atoms with Crippen LogP contribution in [0.1, 0.15) is 48.3 Å². The van der Waals surface area contributed by atoms with Crippen LogP contribution in [-0.4, -0.2) is 97.0 Å². The predicted octanol–water partition coefficient (Wildman–Crippen LogP) is 3.13. The van der Waals surface area contributed by atoms with E-state index in [4.69, 9.17) is 14.5 Å². The number of ether oxygens (including phenoxy) is 2. The van der Waals surface area contributed by atoms with Crippen LogP contribution in [0.15, 0.2) is 60.7 Å². The summed E-state index contributed by atoms with van der Waals surface area (Å²) in [6.45, 7) is 10.6. The first kappa shape index (κ1) is 31.2. The summed E-state index contributed by atoms with van der Waals surface area (Å²) in [5, 5.41) is 8.76. The van der Waals surface area contributed by atoms with Gasteiger partial charge in [-0.15, -0.1) is 5.10 Å². The van der Waals surface area contributed by atoms with Crippen molar-refractivity contribution in [2.45, 2.75) is 52.7 Å². The summed E-state index contributed by atoms with van der Waals surface area (Å²) in [6, 6.07) is 19.4. The normalized spacial score (nSPS) is 15.8. The minimum absolute atomic E-state index is 0.151. The van der Waals surface area contributed by atoms with Gasteiger partial charge in [0.05, 0.1) is 42.9 Å². The fourth-order valence-corrected chi connectivity index (χ4v) is 5.20. The Kier molecular flexibility index (Phi) is 9.93. The first-order valence-electron chi connectivity index (χ1n) is 14.8. The molecule has 0 saturated heterocycles. The van der Waals surface area contributed by atoms with Gasteiger partial charge in [-0.3, -0.25) is 24.5 Å². The number of methoxy groups -OCH3 is 1. The van der Waals surface area contributed by atoms with Gasteiger partial charge in [0.1, 0.15) is 16.8 Å². The molecule has 0 radical (unpaired) electrons. The molecular formula is C32H40N8O4. The highest BCUT2D eigenvalue weighted by Crippen LogP contribution is 2.15. The van der Waals surface area contributed by atoms with Crippen LogP contribution in [-0.2, 0) is 40.6 Å². The van der Waals surface area contributed by atoms with Gasteiger partial charge in [0.2, 0.25) is 0 Å². The molecule has 1 aliphatic heterocycles. The summed E-state index contributed by atoms with van der Waals surface area (Å²) in [4.78, 5) is 41.2. The highest BCUT2D eigenvalue weighted by molar-refractivity contribution is 5.87. The molecule has 4 aromatic rings. The van der Waals surface area contributed by atoms with Crippen molar-refractivity contribution in [1.29, 1.82) is 0 Å². The van der Waals surface area contributed by atoms with Crippen LogP contribution in [0, 0.1) is 0 Å². The molecule has 0 fully saturated rings. The van der Waals surface area contributed by atoms with Crippen LogP contribution in [0.25, 0.3) is 11.0 Å². The van der Waals surface area contributed by atoms with Gasteiger partial charge >= 0.3 is 11.9 Å². The largest absolute Gasteiger partial charge is 0.464 e. The van der Waals surface area contributed by atoms with Gasteiger partial charge in [-0.25, -0.2) is 14.5 Å². The number of rotatable bonds is 7. The van der Waals surface area contributed by atoms with Crippen LogP contribution in [0.3, 0.4) is 0 Å². The number of para-hydroxylation sites is 1. The summed E-state index contributed by atoms with van der Waals surface area (Å²) < 4.78 is 12.4. The topological polar surface area (TPSA) is 119 Å². The van der Waals surface area contributed by atoms with E-state index in [0.717, 1.165) is 28.1 Å². The van der Waals surface area contributed by atoms with E-state index in [-0.39, 0.29) is 18.2 Å². The number of carbonyl (C=O) groups is 2. The number of esters is 2. The Morgan fingerprint density at radius 2 is 1.50 bits per heavy atom. The Bertz CT molecular complexity index is 1580. The number of fused-ring (bicyclic) bond motifs is 3. The van der Waals surface area contributed by atoms with Crippen molar-refractivity contribution in [3.63, 3.8) is 0 Å². The van der Waals surface area contributed by atoms with E-state index in [0.29, 0.717) is 52.5 Å². The van der Waals surface area contributed by atoms with Gasteiger partial charge in [-0.2, -0.15) is 0 Å². The molecule has 44 heavy (non-hydrogen) atoms. The van der Waals surface area contributed by atoms with E-state index in [1.54, 1.807) is 6.07 Å². The number of aromatic nitrogens is 5. The Labute approximate surface area is 257 Å². The molecule has 0 unspecified atom stereocenters. The van der Waals surface area contributed by atoms with Crippen LogP contribution in [0.4, 0.5) is 0 Å². The van der Waals surface area contributed by atoms with Gasteiger partial charge in [0.25, 0.3) is 0 Å². The van der Waals surface area contributed by atoms with Gasteiger partial charge in [-0.1, -0.05) is 29.5 Å². The number of nitrogens with zero attached hydrogens (tertiary/aromatic N) is 8. The SMILES string of the molecule is COC(=O)c1cccc(CN2CCN(CC(=O)OC(C)(C)C)Cc3cccc(n3)CN(Cn3nnc4ccccc43)CC2)n1. The lowest BCUT2D eigenvalue weighted by molar-refractivity contribution is -0.156. The Morgan fingerprint density at radius 3 is 2.25 bits per heavy atom. The molecule has 0 spiro atoms. The minimum atomic E-state index is -0.566. The van der Waals surface area contributed by atoms with E-state index >= 15 is 0 Å². The molecule has 12 nitrogen and oxygen atoms in total. The quantitative estimate of drug-likeness (QED) is 0.291. The summed E-state index contributed by atoms with van der Waals surface area (Å²) in [5.41, 5.74) is 4.11. The number of hydrogen-bond donors (Lipinski definition) is 0. The summed E-state index contributed by atoms with van der Waals surface area (Å²) in [6.07, 6.45) is 0. The van der Waals surface area contributed by atoms with E-state index in [1.807, 2.05) is 80.1 Å². The summed E-state index contributed by atoms with van der Waals surface area (Å²) in [7, 11) is 1.35. The standard InChI is InChI=1S/C32H40N8O4/c1-32(2,3)44-30(41)22-38-17-15-37(19-26-11-8-13-28(34-26)31(42)43-4)16-18-39(21-25-10-7-9-24(20-38)33-25)23-40-29-14-6-5-12-27(29)35-36-40/h5-14H,15-23H2,1-4H3. The fourth-order valence-electron chi connectivity index (χ4n) is 5.20. The molecular weight excluding hydrogens is 560 g/mol. The molecule has 1 aromatic carbocycles. The van der Waals surface area contributed by atoms with Gasteiger partial charge in [0.15, 0.2) is 0 Å². The van der Waals surface area contributed by atoms with Gasteiger partial charge in [-0.05, 0) is 57.2 Å². The second-order valence-corrected chi connectivity index (χ2v) is 12.0. The third kappa shape index (κ3) is 8.65. The molecule has 2 bridgehead atoms. The Balaban J connectivity index is 1.41. The minimum Gasteiger partial charge on any atom is -0.464 e. The molecule has 1 aliphatic rings. The van der Waals surface area contributed by atoms with Crippen molar-refractivity contribution in [3.05, 3.63) is 83.4 Å². The lowest BCUT2D eigenvalue weighted by Crippen LogP contribution is -2.42. The van der Waals surface area contributed by atoms with E-state index < -0.39 is 11.6 Å². The van der Waals surface area contributed by atoms with E-state index in [9.17, 15) is 9.59 Å². The molecule has 0 aliphatic carbocycles. The van der Waals surface area contributed by atoms with Crippen LogP contribution < -0.4 is 0 Å². The van der Waals surface area contributed by atoms with E-state index in [2.05, 4.69) is 30.0 Å². The monoisotopic (exact) mass is 600 g/mol. The maximum absolute atomic E-state index is 12.8. The first-order valence-corrected chi connectivity index (χ1v) is 14.8. The number of hydrogen-bond acceptors (Lipinski definition) is 11. The first-order chi connectivity index (χ1) is 21.1. The third-order valence-electron chi connectivity index (χ3n) is 7.21. The maximum atomic E-state index is 12.8. The number of carbonyl (C=O) groups excluding carboxylic acids is 2. The third-order valence-corrected chi connectivity index (χ3v) is 7.21. The predicted molar refractivity (Wildman–Crippen MR) is 164 cm³/mol. The molecule has 3 aromatic heterocycles. The molecule has 4 heterocycles. The molecule has 0 atom stereocenters. The maximum Gasteiger partial charge on any atom is 0.356 e. The zero-order valence-electron chi connectivity index (χ0n) is 25.8. The van der Waals surface area contributed by atoms with E-state index in [1.165, 1.54) is 7.11 Å². The smallest absolute Gasteiger partial charge is 0.356 e. The van der Waals surface area contributed by atoms with Crippen molar-refractivity contribution in [2.24, 2.45) is 0 Å². The van der Waals surface area contributed by atoms with Crippen molar-refractivity contribution in [1.82, 2.24) is 39.7 Å². The van der Waals surface area contributed by atoms with Gasteiger partial charge in [0, 0.05) is 45.8 Å². The Hall–Kier alpha value is -4.26. The summed E-state index contributed by atoms with van der Waals surface area (Å²) >= 11 is 0. The number of pyridine rings is 2. The van der Waals surface area contributed by atoms with Crippen molar-refractivity contribution in [3.8, 4) is 0 Å². The molecule has 0 amide bonds. The molecule has 232 valence electrons. The second-order valence-electron chi connectivity index (χ2n) is 12.0. The Morgan fingerprint density at radius 1 is 0.818 bits per heavy atom. The molecule has 0 N–H and O–H groups in total. The highest BCUT2D eigenvalue weighted by atomic mass is 16.6. The fraction of sp³-hybridized carbons (Fsp3) is 0.438.